The fourth-order valence-corrected chi connectivity index (χ4v) is 1.85. The van der Waals surface area contributed by atoms with Gasteiger partial charge in [0.15, 0.2) is 5.58 Å². The Morgan fingerprint density at radius 3 is 2.70 bits per heavy atom. The molecule has 0 spiro atoms. The zero-order chi connectivity index (χ0) is 14.9. The topological polar surface area (TPSA) is 113 Å². The highest BCUT2D eigenvalue weighted by molar-refractivity contribution is 5.89. The highest BCUT2D eigenvalue weighted by Gasteiger charge is 2.15. The second-order valence-electron chi connectivity index (χ2n) is 4.98. The monoisotopic (exact) mass is 278 g/mol. The highest BCUT2D eigenvalue weighted by Crippen LogP contribution is 2.24. The second kappa shape index (κ2) is 5.28. The van der Waals surface area contributed by atoms with Gasteiger partial charge in [-0.3, -0.25) is 9.78 Å². The quantitative estimate of drug-likeness (QED) is 0.624. The van der Waals surface area contributed by atoms with E-state index in [1.54, 1.807) is 19.1 Å². The summed E-state index contributed by atoms with van der Waals surface area (Å²) in [4.78, 5) is 25.5. The minimum atomic E-state index is -0.540. The van der Waals surface area contributed by atoms with Crippen molar-refractivity contribution in [1.82, 2.24) is 10.3 Å². The van der Waals surface area contributed by atoms with Crippen LogP contribution in [0, 0.1) is 0 Å². The van der Waals surface area contributed by atoms with Gasteiger partial charge in [-0.15, -0.1) is 0 Å². The van der Waals surface area contributed by atoms with E-state index in [1.807, 2.05) is 13.8 Å². The average molecular weight is 278 g/mol. The van der Waals surface area contributed by atoms with Crippen molar-refractivity contribution in [3.63, 3.8) is 0 Å². The molecule has 0 fully saturated rings. The molecular weight excluding hydrogens is 260 g/mol. The van der Waals surface area contributed by atoms with Crippen molar-refractivity contribution in [3.05, 3.63) is 22.7 Å². The summed E-state index contributed by atoms with van der Waals surface area (Å²) in [7, 11) is 0. The Hall–Kier alpha value is -2.44. The predicted octanol–water partition coefficient (Wildman–Crippen LogP) is 1.03. The lowest BCUT2D eigenvalue weighted by Gasteiger charge is -2.18. The molecular formula is C13H18N4O3. The molecule has 0 aliphatic carbocycles. The zero-order valence-corrected chi connectivity index (χ0v) is 11.6. The van der Waals surface area contributed by atoms with Crippen molar-refractivity contribution in [2.24, 2.45) is 0 Å². The van der Waals surface area contributed by atoms with Crippen molar-refractivity contribution in [2.45, 2.75) is 32.9 Å². The number of oxazole rings is 1. The molecule has 7 heteroatoms. The van der Waals surface area contributed by atoms with Crippen molar-refractivity contribution in [2.75, 3.05) is 11.1 Å². The van der Waals surface area contributed by atoms with E-state index in [4.69, 9.17) is 10.2 Å². The van der Waals surface area contributed by atoms with Crippen molar-refractivity contribution < 1.29 is 9.21 Å². The van der Waals surface area contributed by atoms with Crippen LogP contribution in [0.15, 0.2) is 21.3 Å². The van der Waals surface area contributed by atoms with Gasteiger partial charge in [0, 0.05) is 12.1 Å². The number of hydrogen-bond donors (Lipinski definition) is 4. The lowest BCUT2D eigenvalue weighted by atomic mass is 10.2. The number of nitrogen functional groups attached to an aromatic ring is 1. The summed E-state index contributed by atoms with van der Waals surface area (Å²) in [5.74, 6) is -0.665. The molecule has 1 aromatic heterocycles. The first-order valence-corrected chi connectivity index (χ1v) is 6.36. The fraction of sp³-hybridized carbons (Fsp3) is 0.385. The standard InChI is InChI=1S/C13H18N4O3/c1-6(2)15-12(18)7(3)16-9-5-10-11(4-8(9)14)20-13(19)17-10/h4-7,16H,14H2,1-3H3,(H,15,18)(H,17,19). The van der Waals surface area contributed by atoms with E-state index in [-0.39, 0.29) is 11.9 Å². The first-order valence-electron chi connectivity index (χ1n) is 6.36. The summed E-state index contributed by atoms with van der Waals surface area (Å²) in [6, 6.07) is 2.81. The summed E-state index contributed by atoms with van der Waals surface area (Å²) in [5, 5.41) is 5.82. The number of anilines is 2. The van der Waals surface area contributed by atoms with E-state index in [1.165, 1.54) is 0 Å². The predicted molar refractivity (Wildman–Crippen MR) is 77.6 cm³/mol. The van der Waals surface area contributed by atoms with E-state index in [9.17, 15) is 9.59 Å². The summed E-state index contributed by atoms with van der Waals surface area (Å²) >= 11 is 0. The number of amides is 1. The van der Waals surface area contributed by atoms with E-state index in [2.05, 4.69) is 15.6 Å². The molecule has 1 aromatic carbocycles. The number of fused-ring (bicyclic) bond motifs is 1. The molecule has 5 N–H and O–H groups in total. The molecule has 7 nitrogen and oxygen atoms in total. The number of aromatic amines is 1. The van der Waals surface area contributed by atoms with Gasteiger partial charge in [0.25, 0.3) is 0 Å². The molecule has 2 rings (SSSR count). The van der Waals surface area contributed by atoms with Gasteiger partial charge in [-0.2, -0.15) is 0 Å². The maximum absolute atomic E-state index is 11.8. The molecule has 0 aliphatic heterocycles. The first-order chi connectivity index (χ1) is 9.36. The maximum Gasteiger partial charge on any atom is 0.417 e. The van der Waals surface area contributed by atoms with Crippen molar-refractivity contribution >= 4 is 28.4 Å². The number of nitrogens with one attached hydrogen (secondary N) is 3. The summed E-state index contributed by atoms with van der Waals surface area (Å²) < 4.78 is 4.91. The normalized spacial score (nSPS) is 12.6. The van der Waals surface area contributed by atoms with Gasteiger partial charge in [-0.1, -0.05) is 0 Å². The van der Waals surface area contributed by atoms with Crippen LogP contribution < -0.4 is 22.1 Å². The largest absolute Gasteiger partial charge is 0.417 e. The van der Waals surface area contributed by atoms with Crippen molar-refractivity contribution in [1.29, 1.82) is 0 Å². The number of carbonyl (C=O) groups excluding carboxylic acids is 1. The number of H-pyrrole nitrogens is 1. The third-order valence-corrected chi connectivity index (χ3v) is 2.79. The van der Waals surface area contributed by atoms with Gasteiger partial charge in [0.05, 0.1) is 16.9 Å². The molecule has 108 valence electrons. The molecule has 1 heterocycles. The third kappa shape index (κ3) is 2.93. The minimum Gasteiger partial charge on any atom is -0.408 e. The average Bonchev–Trinajstić information content (AvgIpc) is 2.67. The molecule has 0 aliphatic rings. The fourth-order valence-electron chi connectivity index (χ4n) is 1.85. The van der Waals surface area contributed by atoms with Crippen LogP contribution in [0.25, 0.3) is 11.1 Å². The van der Waals surface area contributed by atoms with E-state index in [0.717, 1.165) is 0 Å². The molecule has 1 unspecified atom stereocenters. The van der Waals surface area contributed by atoms with Crippen LogP contribution in [0.4, 0.5) is 11.4 Å². The maximum atomic E-state index is 11.8. The minimum absolute atomic E-state index is 0.0665. The van der Waals surface area contributed by atoms with Gasteiger partial charge in [0.1, 0.15) is 6.04 Å². The number of benzene rings is 1. The second-order valence-corrected chi connectivity index (χ2v) is 4.98. The van der Waals surface area contributed by atoms with E-state index in [0.29, 0.717) is 22.5 Å². The Bertz CT molecular complexity index is 686. The Balaban J connectivity index is 2.22. The first kappa shape index (κ1) is 14.0. The number of nitrogens with two attached hydrogens (primary N) is 1. The lowest BCUT2D eigenvalue weighted by molar-refractivity contribution is -0.122. The van der Waals surface area contributed by atoms with Gasteiger partial charge >= 0.3 is 5.76 Å². The van der Waals surface area contributed by atoms with Gasteiger partial charge in [-0.05, 0) is 26.8 Å². The molecule has 2 aromatic rings. The van der Waals surface area contributed by atoms with Crippen LogP contribution in [0.1, 0.15) is 20.8 Å². The SMILES string of the molecule is CC(C)NC(=O)C(C)Nc1cc2[nH]c(=O)oc2cc1N. The van der Waals surface area contributed by atoms with Gasteiger partial charge in [-0.25, -0.2) is 4.79 Å². The molecule has 1 amide bonds. The molecule has 0 radical (unpaired) electrons. The Morgan fingerprint density at radius 2 is 2.05 bits per heavy atom. The number of rotatable bonds is 4. The summed E-state index contributed by atoms with van der Waals surface area (Å²) in [6.07, 6.45) is 0. The van der Waals surface area contributed by atoms with Crippen LogP contribution in [0.5, 0.6) is 0 Å². The van der Waals surface area contributed by atoms with E-state index >= 15 is 0 Å². The number of aromatic nitrogens is 1. The van der Waals surface area contributed by atoms with Crippen LogP contribution in [0.3, 0.4) is 0 Å². The third-order valence-electron chi connectivity index (χ3n) is 2.79. The molecule has 20 heavy (non-hydrogen) atoms. The molecule has 0 saturated carbocycles. The van der Waals surface area contributed by atoms with Crippen molar-refractivity contribution in [3.8, 4) is 0 Å². The van der Waals surface area contributed by atoms with E-state index < -0.39 is 11.8 Å². The summed E-state index contributed by atoms with van der Waals surface area (Å²) in [5.41, 5.74) is 7.77. The zero-order valence-electron chi connectivity index (χ0n) is 11.6. The van der Waals surface area contributed by atoms with Gasteiger partial charge in [0.2, 0.25) is 5.91 Å². The van der Waals surface area contributed by atoms with Crippen LogP contribution in [0.2, 0.25) is 0 Å². The number of hydrogen-bond acceptors (Lipinski definition) is 5. The Morgan fingerprint density at radius 1 is 1.35 bits per heavy atom. The molecule has 1 atom stereocenters. The molecule has 0 bridgehead atoms. The smallest absolute Gasteiger partial charge is 0.408 e. The number of carbonyl (C=O) groups is 1. The van der Waals surface area contributed by atoms with Gasteiger partial charge < -0.3 is 20.8 Å². The Kier molecular flexibility index (Phi) is 3.69. The van der Waals surface area contributed by atoms with Crippen LogP contribution in [-0.4, -0.2) is 23.0 Å². The van der Waals surface area contributed by atoms with Crippen LogP contribution in [-0.2, 0) is 4.79 Å². The summed E-state index contributed by atoms with van der Waals surface area (Å²) in [6.45, 7) is 5.52. The molecule has 0 saturated heterocycles. The van der Waals surface area contributed by atoms with Crippen LogP contribution >= 0.6 is 0 Å². The lowest BCUT2D eigenvalue weighted by Crippen LogP contribution is -2.41. The highest BCUT2D eigenvalue weighted by atomic mass is 16.4. The Labute approximate surface area is 115 Å².